The molecule has 0 aromatic heterocycles. The fourth-order valence-corrected chi connectivity index (χ4v) is 3.27. The minimum absolute atomic E-state index is 0.254. The number of hydroxylamine groups is 1. The number of unbranched alkanes of at least 4 members (excludes halogenated alkanes) is 16. The molecule has 0 heterocycles. The van der Waals surface area contributed by atoms with Gasteiger partial charge in [0.05, 0.1) is 16.1 Å². The van der Waals surface area contributed by atoms with Crippen LogP contribution in [0, 0.1) is 0 Å². The molecule has 0 aliphatic rings. The Morgan fingerprint density at radius 1 is 0.667 bits per heavy atom. The lowest BCUT2D eigenvalue weighted by molar-refractivity contribution is -0.143. The first-order valence-corrected chi connectivity index (χ1v) is 11.1. The summed E-state index contributed by atoms with van der Waals surface area (Å²) in [5.41, 5.74) is 0. The molecule has 1 amide bonds. The molecule has 0 saturated heterocycles. The van der Waals surface area contributed by atoms with Gasteiger partial charge in [-0.3, -0.25) is 10.0 Å². The maximum atomic E-state index is 11.1. The van der Waals surface area contributed by atoms with Crippen LogP contribution < -0.4 is 0 Å². The summed E-state index contributed by atoms with van der Waals surface area (Å²) in [6, 6.07) is 0. The van der Waals surface area contributed by atoms with Crippen molar-refractivity contribution >= 4 is 22.1 Å². The second-order valence-electron chi connectivity index (χ2n) is 7.06. The predicted octanol–water partition coefficient (Wildman–Crippen LogP) is 7.56. The zero-order valence-corrected chi connectivity index (χ0v) is 17.5. The Morgan fingerprint density at radius 2 is 0.958 bits per heavy atom. The first-order valence-electron chi connectivity index (χ1n) is 10.4. The molecular formula is C20H40BrNO2. The van der Waals surface area contributed by atoms with Crippen LogP contribution in [0.5, 0.6) is 0 Å². The van der Waals surface area contributed by atoms with Gasteiger partial charge in [0.15, 0.2) is 0 Å². The number of hydrogen-bond donors (Lipinski definition) is 1. The summed E-state index contributed by atoms with van der Waals surface area (Å²) in [7, 11) is 0. The molecule has 144 valence electrons. The average molecular weight is 406 g/mol. The summed E-state index contributed by atoms with van der Waals surface area (Å²) in [5.74, 6) is -0.254. The van der Waals surface area contributed by atoms with E-state index < -0.39 is 0 Å². The third-order valence-electron chi connectivity index (χ3n) is 4.70. The normalized spacial score (nSPS) is 11.0. The molecule has 0 aliphatic heterocycles. The number of rotatable bonds is 18. The van der Waals surface area contributed by atoms with Gasteiger partial charge in [-0.15, -0.1) is 0 Å². The van der Waals surface area contributed by atoms with E-state index in [9.17, 15) is 4.79 Å². The number of hydrogen-bond acceptors (Lipinski definition) is 2. The maximum absolute atomic E-state index is 11.1. The second kappa shape index (κ2) is 19.2. The molecule has 0 aromatic carbocycles. The highest BCUT2D eigenvalue weighted by molar-refractivity contribution is 9.07. The average Bonchev–Trinajstić information content (AvgIpc) is 2.57. The standard InChI is InChI=1S/C20H40BrNO2/c1-2-3-4-5-6-7-8-9-10-11-12-13-14-15-16-17-18-19-20(23)22(21)24/h24H,2-19H2,1H3. The molecule has 0 aromatic rings. The Balaban J connectivity index is 3.04. The monoisotopic (exact) mass is 405 g/mol. The van der Waals surface area contributed by atoms with Crippen molar-refractivity contribution in [1.82, 2.24) is 4.09 Å². The van der Waals surface area contributed by atoms with E-state index in [-0.39, 0.29) is 5.91 Å². The zero-order chi connectivity index (χ0) is 17.9. The topological polar surface area (TPSA) is 40.5 Å². The van der Waals surface area contributed by atoms with Crippen molar-refractivity contribution in [3.05, 3.63) is 0 Å². The molecule has 4 heteroatoms. The summed E-state index contributed by atoms with van der Waals surface area (Å²) in [6.07, 6.45) is 23.2. The summed E-state index contributed by atoms with van der Waals surface area (Å²) < 4.78 is 0.513. The minimum atomic E-state index is -0.254. The van der Waals surface area contributed by atoms with Gasteiger partial charge < -0.3 is 0 Å². The third kappa shape index (κ3) is 18.3. The summed E-state index contributed by atoms with van der Waals surface area (Å²) in [4.78, 5) is 11.1. The number of amides is 1. The highest BCUT2D eigenvalue weighted by Crippen LogP contribution is 2.14. The van der Waals surface area contributed by atoms with Crippen molar-refractivity contribution in [2.24, 2.45) is 0 Å². The van der Waals surface area contributed by atoms with Gasteiger partial charge >= 0.3 is 0 Å². The molecule has 0 unspecified atom stereocenters. The Morgan fingerprint density at radius 3 is 1.25 bits per heavy atom. The van der Waals surface area contributed by atoms with Gasteiger partial charge in [0, 0.05) is 6.42 Å². The van der Waals surface area contributed by atoms with Crippen molar-refractivity contribution < 1.29 is 10.0 Å². The van der Waals surface area contributed by atoms with Crippen LogP contribution in [-0.2, 0) is 4.79 Å². The molecular weight excluding hydrogens is 366 g/mol. The highest BCUT2D eigenvalue weighted by Gasteiger charge is 2.05. The Hall–Kier alpha value is -0.0900. The number of carbonyl (C=O) groups is 1. The first kappa shape index (κ1) is 23.9. The van der Waals surface area contributed by atoms with Gasteiger partial charge in [-0.2, -0.15) is 4.09 Å². The lowest BCUT2D eigenvalue weighted by Gasteiger charge is -2.05. The Kier molecular flexibility index (Phi) is 19.2. The summed E-state index contributed by atoms with van der Waals surface area (Å²) in [6.45, 7) is 2.28. The SMILES string of the molecule is CCCCCCCCCCCCCCCCCCCC(=O)N(O)Br. The van der Waals surface area contributed by atoms with Gasteiger partial charge in [0.2, 0.25) is 0 Å². The number of nitrogens with zero attached hydrogens (tertiary/aromatic N) is 1. The molecule has 0 rings (SSSR count). The lowest BCUT2D eigenvalue weighted by Crippen LogP contribution is -2.15. The molecule has 0 spiro atoms. The van der Waals surface area contributed by atoms with Crippen LogP contribution in [0.2, 0.25) is 0 Å². The predicted molar refractivity (Wildman–Crippen MR) is 106 cm³/mol. The number of carbonyl (C=O) groups excluding carboxylic acids is 1. The zero-order valence-electron chi connectivity index (χ0n) is 15.9. The molecule has 24 heavy (non-hydrogen) atoms. The van der Waals surface area contributed by atoms with Crippen molar-refractivity contribution in [3.63, 3.8) is 0 Å². The molecule has 0 radical (unpaired) electrons. The lowest BCUT2D eigenvalue weighted by atomic mass is 10.0. The van der Waals surface area contributed by atoms with Crippen molar-refractivity contribution in [2.45, 2.75) is 122 Å². The van der Waals surface area contributed by atoms with Gasteiger partial charge in [0.25, 0.3) is 5.91 Å². The van der Waals surface area contributed by atoms with Crippen LogP contribution in [0.25, 0.3) is 0 Å². The molecule has 0 saturated carbocycles. The Bertz CT molecular complexity index is 272. The molecule has 0 aliphatic carbocycles. The van der Waals surface area contributed by atoms with Crippen LogP contribution in [-0.4, -0.2) is 15.2 Å². The fourth-order valence-electron chi connectivity index (χ4n) is 3.09. The highest BCUT2D eigenvalue weighted by atomic mass is 79.9. The van der Waals surface area contributed by atoms with Gasteiger partial charge in [-0.1, -0.05) is 110 Å². The second-order valence-corrected chi connectivity index (χ2v) is 7.73. The molecule has 1 N–H and O–H groups in total. The van der Waals surface area contributed by atoms with E-state index in [1.54, 1.807) is 0 Å². The van der Waals surface area contributed by atoms with Crippen molar-refractivity contribution in [2.75, 3.05) is 0 Å². The fraction of sp³-hybridized carbons (Fsp3) is 0.950. The summed E-state index contributed by atoms with van der Waals surface area (Å²) in [5, 5.41) is 8.86. The van der Waals surface area contributed by atoms with Crippen molar-refractivity contribution in [1.29, 1.82) is 0 Å². The molecule has 0 atom stereocenters. The van der Waals surface area contributed by atoms with E-state index in [1.165, 1.54) is 96.3 Å². The smallest absolute Gasteiger partial charge is 0.256 e. The van der Waals surface area contributed by atoms with E-state index in [2.05, 4.69) is 23.1 Å². The molecule has 0 bridgehead atoms. The van der Waals surface area contributed by atoms with E-state index in [0.717, 1.165) is 12.8 Å². The van der Waals surface area contributed by atoms with Crippen LogP contribution in [0.1, 0.15) is 122 Å². The Labute approximate surface area is 158 Å². The molecule has 3 nitrogen and oxygen atoms in total. The van der Waals surface area contributed by atoms with E-state index in [1.807, 2.05) is 0 Å². The van der Waals surface area contributed by atoms with Crippen LogP contribution in [0.3, 0.4) is 0 Å². The van der Waals surface area contributed by atoms with Gasteiger partial charge in [-0.25, -0.2) is 0 Å². The van der Waals surface area contributed by atoms with Crippen LogP contribution in [0.15, 0.2) is 0 Å². The van der Waals surface area contributed by atoms with Crippen LogP contribution >= 0.6 is 16.1 Å². The van der Waals surface area contributed by atoms with E-state index >= 15 is 0 Å². The molecule has 0 fully saturated rings. The summed E-state index contributed by atoms with van der Waals surface area (Å²) >= 11 is 2.73. The van der Waals surface area contributed by atoms with Gasteiger partial charge in [-0.05, 0) is 6.42 Å². The van der Waals surface area contributed by atoms with Crippen LogP contribution in [0.4, 0.5) is 0 Å². The first-order chi connectivity index (χ1) is 11.7. The van der Waals surface area contributed by atoms with Crippen molar-refractivity contribution in [3.8, 4) is 0 Å². The largest absolute Gasteiger partial charge is 0.275 e. The van der Waals surface area contributed by atoms with E-state index in [0.29, 0.717) is 10.5 Å². The maximum Gasteiger partial charge on any atom is 0.256 e. The quantitative estimate of drug-likeness (QED) is 0.110. The van der Waals surface area contributed by atoms with Gasteiger partial charge in [0.1, 0.15) is 0 Å². The minimum Gasteiger partial charge on any atom is -0.275 e. The number of halogens is 1. The van der Waals surface area contributed by atoms with E-state index in [4.69, 9.17) is 5.21 Å². The third-order valence-corrected chi connectivity index (χ3v) is 5.10.